The summed E-state index contributed by atoms with van der Waals surface area (Å²) in [5, 5.41) is 5.56. The summed E-state index contributed by atoms with van der Waals surface area (Å²) in [7, 11) is 1.58. The maximum Gasteiger partial charge on any atom is 0.251 e. The smallest absolute Gasteiger partial charge is 0.251 e. The third kappa shape index (κ3) is 4.94. The zero-order chi connectivity index (χ0) is 24.1. The van der Waals surface area contributed by atoms with Gasteiger partial charge in [-0.3, -0.25) is 9.59 Å². The molecule has 4 rings (SSSR count). The number of carbonyl (C=O) groups excluding carboxylic acids is 2. The third-order valence-corrected chi connectivity index (χ3v) is 5.82. The summed E-state index contributed by atoms with van der Waals surface area (Å²) < 4.78 is 24.8. The summed E-state index contributed by atoms with van der Waals surface area (Å²) in [4.78, 5) is 25.4. The Morgan fingerprint density at radius 2 is 1.79 bits per heavy atom. The first-order valence-corrected chi connectivity index (χ1v) is 11.3. The summed E-state index contributed by atoms with van der Waals surface area (Å²) in [6, 6.07) is 19.0. The average molecular weight is 463 g/mol. The van der Waals surface area contributed by atoms with Crippen LogP contribution in [0.5, 0.6) is 5.75 Å². The minimum Gasteiger partial charge on any atom is -0.484 e. The third-order valence-electron chi connectivity index (χ3n) is 5.82. The minimum atomic E-state index is -0.588. The molecule has 1 aliphatic heterocycles. The monoisotopic (exact) mass is 462 g/mol. The second-order valence-electron chi connectivity index (χ2n) is 7.97. The quantitative estimate of drug-likeness (QED) is 0.492. The van der Waals surface area contributed by atoms with E-state index < -0.39 is 12.0 Å². The number of nitrogens with one attached hydrogen (secondary N) is 2. The molecule has 3 aromatic carbocycles. The van der Waals surface area contributed by atoms with Gasteiger partial charge in [0.05, 0.1) is 6.61 Å². The number of amides is 2. The molecule has 2 unspecified atom stereocenters. The van der Waals surface area contributed by atoms with Gasteiger partial charge in [-0.2, -0.15) is 0 Å². The van der Waals surface area contributed by atoms with E-state index in [1.807, 2.05) is 43.3 Å². The molecular formula is C27H27FN2O4. The van der Waals surface area contributed by atoms with E-state index in [0.717, 1.165) is 22.3 Å². The zero-order valence-electron chi connectivity index (χ0n) is 19.1. The van der Waals surface area contributed by atoms with Gasteiger partial charge in [0.25, 0.3) is 5.91 Å². The molecule has 2 amide bonds. The standard InChI is InChI=1S/C27H27FN2O4/c1-3-33-14-13-30-26(31)20-6-4-5-18(15-20)19-9-12-23-22(16-19)24(27(32)29-2)25(34-23)17-7-10-21(28)11-8-17/h4-12,15-16,24-25H,3,13-14H2,1-2H3,(H,29,32)(H,30,31). The number of rotatable bonds is 8. The van der Waals surface area contributed by atoms with Crippen molar-refractivity contribution in [3.05, 3.63) is 89.2 Å². The molecular weight excluding hydrogens is 435 g/mol. The fourth-order valence-corrected chi connectivity index (χ4v) is 4.12. The van der Waals surface area contributed by atoms with Gasteiger partial charge in [-0.1, -0.05) is 30.3 Å². The van der Waals surface area contributed by atoms with Crippen molar-refractivity contribution in [2.75, 3.05) is 26.8 Å². The van der Waals surface area contributed by atoms with Crippen molar-refractivity contribution in [3.63, 3.8) is 0 Å². The Morgan fingerprint density at radius 3 is 2.53 bits per heavy atom. The van der Waals surface area contributed by atoms with Crippen molar-refractivity contribution in [2.45, 2.75) is 18.9 Å². The largest absolute Gasteiger partial charge is 0.484 e. The summed E-state index contributed by atoms with van der Waals surface area (Å²) in [5.41, 5.74) is 3.72. The number of ether oxygens (including phenoxy) is 2. The van der Waals surface area contributed by atoms with E-state index in [0.29, 0.717) is 31.1 Å². The Bertz CT molecular complexity index is 1180. The molecule has 6 nitrogen and oxygen atoms in total. The van der Waals surface area contributed by atoms with Crippen molar-refractivity contribution in [3.8, 4) is 16.9 Å². The molecule has 0 saturated carbocycles. The van der Waals surface area contributed by atoms with Gasteiger partial charge in [0, 0.05) is 31.3 Å². The highest BCUT2D eigenvalue weighted by Crippen LogP contribution is 2.47. The van der Waals surface area contributed by atoms with Crippen LogP contribution < -0.4 is 15.4 Å². The number of likely N-dealkylation sites (N-methyl/N-ethyl adjacent to an activating group) is 1. The van der Waals surface area contributed by atoms with Crippen LogP contribution in [-0.2, 0) is 9.53 Å². The highest BCUT2D eigenvalue weighted by Gasteiger charge is 2.40. The van der Waals surface area contributed by atoms with Crippen molar-refractivity contribution >= 4 is 11.8 Å². The fourth-order valence-electron chi connectivity index (χ4n) is 4.12. The van der Waals surface area contributed by atoms with Crippen molar-refractivity contribution in [1.29, 1.82) is 0 Å². The topological polar surface area (TPSA) is 76.7 Å². The van der Waals surface area contributed by atoms with Crippen LogP contribution in [0.2, 0.25) is 0 Å². The normalized spacial score (nSPS) is 16.4. The summed E-state index contributed by atoms with van der Waals surface area (Å²) in [6.45, 7) is 3.41. The van der Waals surface area contributed by atoms with Gasteiger partial charge in [-0.25, -0.2) is 4.39 Å². The molecule has 0 fully saturated rings. The van der Waals surface area contributed by atoms with Crippen molar-refractivity contribution < 1.29 is 23.5 Å². The summed E-state index contributed by atoms with van der Waals surface area (Å²) in [5.74, 6) is -0.690. The molecule has 34 heavy (non-hydrogen) atoms. The minimum absolute atomic E-state index is 0.175. The van der Waals surface area contributed by atoms with Gasteiger partial charge in [0.2, 0.25) is 5.91 Å². The van der Waals surface area contributed by atoms with Gasteiger partial charge < -0.3 is 20.1 Å². The van der Waals surface area contributed by atoms with E-state index in [4.69, 9.17) is 9.47 Å². The molecule has 176 valence electrons. The van der Waals surface area contributed by atoms with Crippen LogP contribution in [-0.4, -0.2) is 38.6 Å². The van der Waals surface area contributed by atoms with E-state index >= 15 is 0 Å². The first-order valence-electron chi connectivity index (χ1n) is 11.3. The van der Waals surface area contributed by atoms with Gasteiger partial charge in [-0.15, -0.1) is 0 Å². The number of hydrogen-bond donors (Lipinski definition) is 2. The zero-order valence-corrected chi connectivity index (χ0v) is 19.1. The second-order valence-corrected chi connectivity index (χ2v) is 7.97. The maximum atomic E-state index is 13.4. The molecule has 1 heterocycles. The second kappa shape index (κ2) is 10.5. The maximum absolute atomic E-state index is 13.4. The van der Waals surface area contributed by atoms with Gasteiger partial charge >= 0.3 is 0 Å². The Hall–Kier alpha value is -3.71. The van der Waals surface area contributed by atoms with E-state index in [-0.39, 0.29) is 17.6 Å². The lowest BCUT2D eigenvalue weighted by atomic mass is 9.88. The molecule has 0 bridgehead atoms. The van der Waals surface area contributed by atoms with Crippen LogP contribution >= 0.6 is 0 Å². The average Bonchev–Trinajstić information content (AvgIpc) is 3.25. The van der Waals surface area contributed by atoms with Gasteiger partial charge in [-0.05, 0) is 60.0 Å². The Balaban J connectivity index is 1.62. The highest BCUT2D eigenvalue weighted by molar-refractivity contribution is 5.95. The first kappa shape index (κ1) is 23.4. The predicted molar refractivity (Wildman–Crippen MR) is 127 cm³/mol. The molecule has 2 atom stereocenters. The lowest BCUT2D eigenvalue weighted by Gasteiger charge is -2.18. The number of halogens is 1. The van der Waals surface area contributed by atoms with Crippen LogP contribution in [0, 0.1) is 5.82 Å². The molecule has 3 aromatic rings. The Kier molecular flexibility index (Phi) is 7.23. The Labute approximate surface area is 198 Å². The molecule has 1 aliphatic rings. The SMILES string of the molecule is CCOCCNC(=O)c1cccc(-c2ccc3c(c2)C(C(=O)NC)C(c2ccc(F)cc2)O3)c1. The lowest BCUT2D eigenvalue weighted by molar-refractivity contribution is -0.123. The van der Waals surface area contributed by atoms with Crippen LogP contribution in [0.15, 0.2) is 66.7 Å². The molecule has 0 aromatic heterocycles. The number of hydrogen-bond acceptors (Lipinski definition) is 4. The van der Waals surface area contributed by atoms with Crippen molar-refractivity contribution in [2.24, 2.45) is 0 Å². The summed E-state index contributed by atoms with van der Waals surface area (Å²) in [6.07, 6.45) is -0.562. The van der Waals surface area contributed by atoms with Gasteiger partial charge in [0.1, 0.15) is 23.6 Å². The lowest BCUT2D eigenvalue weighted by Crippen LogP contribution is -2.28. The fraction of sp³-hybridized carbons (Fsp3) is 0.259. The number of fused-ring (bicyclic) bond motifs is 1. The van der Waals surface area contributed by atoms with E-state index in [1.165, 1.54) is 12.1 Å². The molecule has 0 aliphatic carbocycles. The number of carbonyl (C=O) groups is 2. The highest BCUT2D eigenvalue weighted by atomic mass is 19.1. The van der Waals surface area contributed by atoms with Crippen molar-refractivity contribution in [1.82, 2.24) is 10.6 Å². The summed E-state index contributed by atoms with van der Waals surface area (Å²) >= 11 is 0. The van der Waals surface area contributed by atoms with Crippen LogP contribution in [0.3, 0.4) is 0 Å². The van der Waals surface area contributed by atoms with Crippen LogP contribution in [0.1, 0.15) is 40.4 Å². The molecule has 0 spiro atoms. The van der Waals surface area contributed by atoms with Crippen LogP contribution in [0.4, 0.5) is 4.39 Å². The number of benzene rings is 3. The molecule has 0 radical (unpaired) electrons. The Morgan fingerprint density at radius 1 is 1.03 bits per heavy atom. The van der Waals surface area contributed by atoms with Crippen LogP contribution in [0.25, 0.3) is 11.1 Å². The first-order chi connectivity index (χ1) is 16.5. The van der Waals surface area contributed by atoms with E-state index in [1.54, 1.807) is 25.2 Å². The predicted octanol–water partition coefficient (Wildman–Crippen LogP) is 4.22. The van der Waals surface area contributed by atoms with E-state index in [2.05, 4.69) is 10.6 Å². The molecule has 7 heteroatoms. The van der Waals surface area contributed by atoms with Gasteiger partial charge in [0.15, 0.2) is 0 Å². The van der Waals surface area contributed by atoms with E-state index in [9.17, 15) is 14.0 Å². The molecule has 2 N–H and O–H groups in total. The molecule has 0 saturated heterocycles.